The Morgan fingerprint density at radius 2 is 1.75 bits per heavy atom. The number of ketones is 2. The van der Waals surface area contributed by atoms with Crippen LogP contribution in [0.15, 0.2) is 64.3 Å². The standard InChI is InChI=1S/C27H27N3O9S/c1-30(2)21-16-10-13-8-12-9-14(29-40(38,39)15-6-4-3-5-7-15)11-17(31)18(12)22(32)19(13)24(34)27(16,37)25(35)20(23(21)33)26(28)36/h3-7,9,11,13,16,21,29,31-32,35,37H,8,10H2,1-2H3,(H2,28,36)/t13-,16-,21-,27-/m0/s1. The van der Waals surface area contributed by atoms with Gasteiger partial charge in [-0.25, -0.2) is 8.42 Å². The van der Waals surface area contributed by atoms with Crippen molar-refractivity contribution in [2.45, 2.75) is 29.4 Å². The Kier molecular flexibility index (Phi) is 6.28. The Labute approximate surface area is 229 Å². The first kappa shape index (κ1) is 27.4. The number of amides is 1. The van der Waals surface area contributed by atoms with Gasteiger partial charge in [-0.05, 0) is 56.6 Å². The van der Waals surface area contributed by atoms with Gasteiger partial charge >= 0.3 is 0 Å². The van der Waals surface area contributed by atoms with Gasteiger partial charge in [-0.2, -0.15) is 0 Å². The molecule has 1 fully saturated rings. The second-order valence-electron chi connectivity index (χ2n) is 10.4. The number of phenols is 1. The molecule has 2 aromatic rings. The van der Waals surface area contributed by atoms with Gasteiger partial charge in [0.1, 0.15) is 22.8 Å². The van der Waals surface area contributed by atoms with Crippen molar-refractivity contribution in [3.8, 4) is 5.75 Å². The molecule has 0 unspecified atom stereocenters. The minimum absolute atomic E-state index is 0.00529. The second kappa shape index (κ2) is 9.18. The Morgan fingerprint density at radius 1 is 1.10 bits per heavy atom. The van der Waals surface area contributed by atoms with Crippen molar-refractivity contribution in [3.05, 3.63) is 70.5 Å². The number of nitrogens with zero attached hydrogens (tertiary/aromatic N) is 1. The fourth-order valence-corrected chi connectivity index (χ4v) is 7.21. The van der Waals surface area contributed by atoms with Crippen molar-refractivity contribution in [2.75, 3.05) is 18.8 Å². The molecule has 0 saturated heterocycles. The number of nitrogens with two attached hydrogens (primary N) is 1. The quantitative estimate of drug-likeness (QED) is 0.279. The van der Waals surface area contributed by atoms with Crippen LogP contribution >= 0.6 is 0 Å². The summed E-state index contributed by atoms with van der Waals surface area (Å²) in [4.78, 5) is 40.4. The van der Waals surface area contributed by atoms with Gasteiger partial charge in [0.25, 0.3) is 15.9 Å². The predicted octanol–water partition coefficient (Wildman–Crippen LogP) is 0.765. The number of primary amides is 1. The van der Waals surface area contributed by atoms with Crippen LogP contribution < -0.4 is 10.5 Å². The first-order valence-corrected chi connectivity index (χ1v) is 13.8. The van der Waals surface area contributed by atoms with Gasteiger partial charge in [0.15, 0.2) is 11.4 Å². The maximum absolute atomic E-state index is 13.8. The number of Topliss-reactive ketones (excluding diaryl/α,β-unsaturated/α-hetero) is 2. The largest absolute Gasteiger partial charge is 0.508 e. The first-order valence-electron chi connectivity index (χ1n) is 12.3. The summed E-state index contributed by atoms with van der Waals surface area (Å²) in [6.45, 7) is 0. The Hall–Kier alpha value is -4.20. The third-order valence-corrected chi connectivity index (χ3v) is 9.23. The zero-order valence-corrected chi connectivity index (χ0v) is 22.3. The summed E-state index contributed by atoms with van der Waals surface area (Å²) in [6, 6.07) is 8.87. The average molecular weight is 570 g/mol. The van der Waals surface area contributed by atoms with Crippen molar-refractivity contribution >= 4 is 38.9 Å². The smallest absolute Gasteiger partial charge is 0.261 e. The summed E-state index contributed by atoms with van der Waals surface area (Å²) < 4.78 is 28.0. The summed E-state index contributed by atoms with van der Waals surface area (Å²) >= 11 is 0. The minimum Gasteiger partial charge on any atom is -0.508 e. The van der Waals surface area contributed by atoms with Crippen LogP contribution in [-0.4, -0.2) is 77.0 Å². The van der Waals surface area contributed by atoms with E-state index < -0.39 is 73.8 Å². The average Bonchev–Trinajstić information content (AvgIpc) is 2.86. The van der Waals surface area contributed by atoms with Crippen LogP contribution in [0.2, 0.25) is 0 Å². The molecule has 3 aliphatic rings. The number of likely N-dealkylation sites (N-methyl/N-ethyl adjacent to an activating group) is 1. The van der Waals surface area contributed by atoms with E-state index >= 15 is 0 Å². The fraction of sp³-hybridized carbons (Fsp3) is 0.296. The molecule has 7 N–H and O–H groups in total. The van der Waals surface area contributed by atoms with Gasteiger partial charge in [0, 0.05) is 17.6 Å². The summed E-state index contributed by atoms with van der Waals surface area (Å²) in [5.74, 6) is -7.63. The lowest BCUT2D eigenvalue weighted by Crippen LogP contribution is -2.65. The molecule has 2 aromatic carbocycles. The molecule has 1 amide bonds. The van der Waals surface area contributed by atoms with Crippen LogP contribution in [0.4, 0.5) is 5.69 Å². The highest BCUT2D eigenvalue weighted by molar-refractivity contribution is 7.92. The molecule has 3 aliphatic carbocycles. The Bertz CT molecular complexity index is 1650. The number of fused-ring (bicyclic) bond motifs is 3. The highest BCUT2D eigenvalue weighted by atomic mass is 32.2. The van der Waals surface area contributed by atoms with Crippen molar-refractivity contribution in [2.24, 2.45) is 17.6 Å². The maximum atomic E-state index is 13.8. The molecule has 0 bridgehead atoms. The molecule has 13 heteroatoms. The molecular formula is C27H27N3O9S. The number of carbonyl (C=O) groups is 3. The molecule has 0 heterocycles. The summed E-state index contributed by atoms with van der Waals surface area (Å²) in [6.07, 6.45) is -0.0461. The maximum Gasteiger partial charge on any atom is 0.261 e. The zero-order chi connectivity index (χ0) is 29.3. The number of hydrogen-bond donors (Lipinski definition) is 6. The van der Waals surface area contributed by atoms with Crippen molar-refractivity contribution in [3.63, 3.8) is 0 Å². The number of carbonyl (C=O) groups excluding carboxylic acids is 3. The molecule has 210 valence electrons. The molecule has 0 aromatic heterocycles. The lowest BCUT2D eigenvalue weighted by Gasteiger charge is -2.50. The first-order chi connectivity index (χ1) is 18.7. The van der Waals surface area contributed by atoms with Crippen LogP contribution in [0.1, 0.15) is 17.5 Å². The van der Waals surface area contributed by atoms with E-state index in [0.29, 0.717) is 5.56 Å². The van der Waals surface area contributed by atoms with Crippen LogP contribution in [0, 0.1) is 11.8 Å². The number of phenolic OH excluding ortho intramolecular Hbond substituents is 1. The van der Waals surface area contributed by atoms with Crippen LogP contribution in [0.3, 0.4) is 0 Å². The number of nitrogens with one attached hydrogen (secondary N) is 1. The van der Waals surface area contributed by atoms with Gasteiger partial charge < -0.3 is 26.2 Å². The molecule has 0 radical (unpaired) electrons. The van der Waals surface area contributed by atoms with Crippen LogP contribution in [0.5, 0.6) is 5.75 Å². The van der Waals surface area contributed by atoms with Crippen molar-refractivity contribution in [1.82, 2.24) is 4.90 Å². The molecule has 4 atom stereocenters. The van der Waals surface area contributed by atoms with Gasteiger partial charge in [0.2, 0.25) is 5.78 Å². The van der Waals surface area contributed by atoms with Crippen molar-refractivity contribution < 1.29 is 43.2 Å². The summed E-state index contributed by atoms with van der Waals surface area (Å²) in [5, 5.41) is 44.4. The number of aliphatic hydroxyl groups excluding tert-OH is 2. The predicted molar refractivity (Wildman–Crippen MR) is 141 cm³/mol. The van der Waals surface area contributed by atoms with Gasteiger partial charge in [-0.15, -0.1) is 0 Å². The van der Waals surface area contributed by atoms with Gasteiger partial charge in [-0.1, -0.05) is 18.2 Å². The number of rotatable bonds is 5. The minimum atomic E-state index is -4.00. The number of hydrogen-bond acceptors (Lipinski definition) is 10. The Morgan fingerprint density at radius 3 is 2.35 bits per heavy atom. The highest BCUT2D eigenvalue weighted by Crippen LogP contribution is 2.52. The number of aliphatic hydroxyl groups is 3. The number of sulfonamides is 1. The normalized spacial score (nSPS) is 26.4. The van der Waals surface area contributed by atoms with E-state index in [-0.39, 0.29) is 34.6 Å². The van der Waals surface area contributed by atoms with Gasteiger partial charge in [0.05, 0.1) is 22.2 Å². The molecular weight excluding hydrogens is 542 g/mol. The monoisotopic (exact) mass is 569 g/mol. The number of anilines is 1. The van der Waals surface area contributed by atoms with E-state index in [2.05, 4.69) is 4.72 Å². The number of aromatic hydroxyl groups is 1. The van der Waals surface area contributed by atoms with E-state index in [4.69, 9.17) is 5.73 Å². The third-order valence-electron chi connectivity index (χ3n) is 7.83. The third kappa shape index (κ3) is 3.88. The molecule has 40 heavy (non-hydrogen) atoms. The van der Waals surface area contributed by atoms with Crippen LogP contribution in [-0.2, 0) is 30.8 Å². The van der Waals surface area contributed by atoms with E-state index in [1.54, 1.807) is 18.2 Å². The molecule has 5 rings (SSSR count). The molecule has 12 nitrogen and oxygen atoms in total. The van der Waals surface area contributed by atoms with E-state index in [1.165, 1.54) is 37.2 Å². The second-order valence-corrected chi connectivity index (χ2v) is 12.1. The Balaban J connectivity index is 1.62. The van der Waals surface area contributed by atoms with Gasteiger partial charge in [-0.3, -0.25) is 24.0 Å². The molecule has 1 saturated carbocycles. The van der Waals surface area contributed by atoms with E-state index in [0.717, 1.165) is 6.07 Å². The zero-order valence-electron chi connectivity index (χ0n) is 21.5. The van der Waals surface area contributed by atoms with Crippen molar-refractivity contribution in [1.29, 1.82) is 0 Å². The van der Waals surface area contributed by atoms with Crippen LogP contribution in [0.25, 0.3) is 5.76 Å². The molecule has 0 aliphatic heterocycles. The SMILES string of the molecule is CN(C)[C@@H]1C(=O)C(C(N)=O)=C(O)[C@@]2(O)C(=O)C3=C(O)c4c(O)cc(NS(=O)(=O)c5ccccc5)cc4C[C@H]3C[C@@H]12. The topological polar surface area (TPSA) is 208 Å². The lowest BCUT2D eigenvalue weighted by atomic mass is 9.57. The van der Waals surface area contributed by atoms with E-state index in [1.807, 2.05) is 0 Å². The summed E-state index contributed by atoms with van der Waals surface area (Å²) in [7, 11) is -0.983. The van der Waals surface area contributed by atoms with E-state index in [9.17, 15) is 43.2 Å². The fourth-order valence-electron chi connectivity index (χ4n) is 6.14. The highest BCUT2D eigenvalue weighted by Gasteiger charge is 2.64. The molecule has 0 spiro atoms. The lowest BCUT2D eigenvalue weighted by molar-refractivity contribution is -0.153. The summed E-state index contributed by atoms with van der Waals surface area (Å²) in [5.41, 5.74) is 1.59. The number of benzene rings is 2.